The topological polar surface area (TPSA) is 145 Å². The normalized spacial score (nSPS) is 18.7. The molecule has 3 heterocycles. The molecule has 0 radical (unpaired) electrons. The molecule has 11 heteroatoms. The van der Waals surface area contributed by atoms with Crippen LogP contribution in [0.5, 0.6) is 0 Å². The number of rotatable bonds is 3. The van der Waals surface area contributed by atoms with Crippen LogP contribution in [0.25, 0.3) is 0 Å². The van der Waals surface area contributed by atoms with Crippen molar-refractivity contribution in [1.82, 2.24) is 9.78 Å². The first-order valence-electron chi connectivity index (χ1n) is 8.25. The summed E-state index contributed by atoms with van der Waals surface area (Å²) >= 11 is 0. The van der Waals surface area contributed by atoms with Crippen LogP contribution in [0.3, 0.4) is 0 Å². The lowest BCUT2D eigenvalue weighted by Crippen LogP contribution is -2.29. The Morgan fingerprint density at radius 1 is 1.41 bits per heavy atom. The van der Waals surface area contributed by atoms with Gasteiger partial charge >= 0.3 is 5.88 Å². The van der Waals surface area contributed by atoms with E-state index < -0.39 is 16.7 Å². The van der Waals surface area contributed by atoms with Crippen molar-refractivity contribution in [2.75, 3.05) is 5.32 Å². The molecule has 2 amide bonds. The van der Waals surface area contributed by atoms with Gasteiger partial charge in [-0.05, 0) is 32.3 Å². The van der Waals surface area contributed by atoms with Crippen LogP contribution in [0.4, 0.5) is 11.7 Å². The van der Waals surface area contributed by atoms with Gasteiger partial charge < -0.3 is 9.73 Å². The number of aryl methyl sites for hydroxylation is 1. The molecule has 0 aromatic carbocycles. The van der Waals surface area contributed by atoms with Gasteiger partial charge in [0.1, 0.15) is 10.7 Å². The largest absolute Gasteiger partial charge is 0.433 e. The van der Waals surface area contributed by atoms with Crippen molar-refractivity contribution in [2.24, 2.45) is 15.9 Å². The van der Waals surface area contributed by atoms with Crippen LogP contribution in [-0.4, -0.2) is 38.2 Å². The number of furan rings is 1. The quantitative estimate of drug-likeness (QED) is 0.645. The van der Waals surface area contributed by atoms with Crippen molar-refractivity contribution in [3.63, 3.8) is 0 Å². The highest BCUT2D eigenvalue weighted by Gasteiger charge is 2.33. The number of carbonyl (C=O) groups excluding carboxylic acids is 2. The lowest BCUT2D eigenvalue weighted by Gasteiger charge is -2.15. The van der Waals surface area contributed by atoms with Crippen molar-refractivity contribution in [3.05, 3.63) is 39.8 Å². The molecule has 1 aliphatic heterocycles. The van der Waals surface area contributed by atoms with E-state index in [-0.39, 0.29) is 29.4 Å². The number of nitrogens with one attached hydrogen (secondary N) is 1. The molecule has 1 atom stereocenters. The molecule has 1 saturated carbocycles. The van der Waals surface area contributed by atoms with Gasteiger partial charge in [0.15, 0.2) is 5.76 Å². The van der Waals surface area contributed by atoms with E-state index in [2.05, 4.69) is 20.4 Å². The Balaban J connectivity index is 1.62. The highest BCUT2D eigenvalue weighted by molar-refractivity contribution is 6.17. The molecule has 2 aromatic rings. The van der Waals surface area contributed by atoms with Crippen LogP contribution in [0.15, 0.2) is 32.6 Å². The maximum atomic E-state index is 12.3. The zero-order valence-corrected chi connectivity index (χ0v) is 14.2. The summed E-state index contributed by atoms with van der Waals surface area (Å²) in [5.74, 6) is -1.67. The first-order valence-corrected chi connectivity index (χ1v) is 8.25. The summed E-state index contributed by atoms with van der Waals surface area (Å²) in [6.07, 6.45) is 2.36. The number of nitrogens with zero attached hydrogens (tertiary/aromatic N) is 5. The molecule has 138 valence electrons. The third kappa shape index (κ3) is 3.03. The molecule has 0 bridgehead atoms. The molecule has 4 rings (SSSR count). The zero-order chi connectivity index (χ0) is 19.1. The number of amides is 2. The minimum atomic E-state index is -0.734. The Bertz CT molecular complexity index is 1030. The molecule has 2 aromatic heterocycles. The average molecular weight is 370 g/mol. The first kappa shape index (κ1) is 16.8. The average Bonchev–Trinajstić information content (AvgIpc) is 3.33. The Morgan fingerprint density at radius 3 is 2.96 bits per heavy atom. The highest BCUT2D eigenvalue weighted by atomic mass is 16.6. The summed E-state index contributed by atoms with van der Waals surface area (Å²) in [5, 5.41) is 17.5. The van der Waals surface area contributed by atoms with Gasteiger partial charge in [0.05, 0.1) is 17.7 Å². The first-order chi connectivity index (χ1) is 12.9. The summed E-state index contributed by atoms with van der Waals surface area (Å²) in [4.78, 5) is 42.9. The molecular weight excluding hydrogens is 356 g/mol. The Kier molecular flexibility index (Phi) is 3.90. The van der Waals surface area contributed by atoms with E-state index in [4.69, 9.17) is 4.42 Å². The van der Waals surface area contributed by atoms with Gasteiger partial charge in [-0.15, -0.1) is 0 Å². The standard InChI is InChI=1S/C16H14N6O5/c1-8-7-12(18-15(24)11-5-6-13(27-11)22(25)26)21(20-8)16-17-10-4-2-3-9(10)14(23)19-16/h5-7,9H,2-4H2,1H3,(H,18,24). The van der Waals surface area contributed by atoms with E-state index in [1.54, 1.807) is 13.0 Å². The van der Waals surface area contributed by atoms with Gasteiger partial charge in [-0.2, -0.15) is 14.8 Å². The maximum Gasteiger partial charge on any atom is 0.433 e. The van der Waals surface area contributed by atoms with E-state index in [1.165, 1.54) is 10.7 Å². The molecule has 1 aliphatic carbocycles. The number of anilines is 1. The molecule has 1 fully saturated rings. The minimum absolute atomic E-state index is 0.0852. The highest BCUT2D eigenvalue weighted by Crippen LogP contribution is 2.27. The second-order valence-corrected chi connectivity index (χ2v) is 6.23. The third-order valence-corrected chi connectivity index (χ3v) is 4.34. The predicted octanol–water partition coefficient (Wildman–Crippen LogP) is 1.93. The predicted molar refractivity (Wildman–Crippen MR) is 92.9 cm³/mol. The fraction of sp³-hybridized carbons (Fsp3) is 0.312. The molecule has 11 nitrogen and oxygen atoms in total. The van der Waals surface area contributed by atoms with Gasteiger partial charge in [-0.1, -0.05) is 0 Å². The number of hydrogen-bond acceptors (Lipinski definition) is 7. The SMILES string of the molecule is Cc1cc(NC(=O)c2ccc([N+](=O)[O-])o2)n(C2=NC(=O)C3CCCC3=N2)n1. The van der Waals surface area contributed by atoms with Crippen LogP contribution in [0.2, 0.25) is 0 Å². The third-order valence-electron chi connectivity index (χ3n) is 4.34. The number of aromatic nitrogens is 2. The Hall–Kier alpha value is -3.63. The van der Waals surface area contributed by atoms with Crippen molar-refractivity contribution >= 4 is 35.2 Å². The fourth-order valence-electron chi connectivity index (χ4n) is 3.12. The summed E-state index contributed by atoms with van der Waals surface area (Å²) in [6, 6.07) is 3.86. The lowest BCUT2D eigenvalue weighted by atomic mass is 10.1. The van der Waals surface area contributed by atoms with Gasteiger partial charge in [-0.25, -0.2) is 4.99 Å². The molecule has 0 saturated heterocycles. The second-order valence-electron chi connectivity index (χ2n) is 6.23. The van der Waals surface area contributed by atoms with Crippen molar-refractivity contribution in [3.8, 4) is 0 Å². The fourth-order valence-corrected chi connectivity index (χ4v) is 3.12. The number of carbonyl (C=O) groups is 2. The lowest BCUT2D eigenvalue weighted by molar-refractivity contribution is -0.402. The number of aliphatic imine (C=N–C) groups is 2. The smallest absolute Gasteiger partial charge is 0.395 e. The Labute approximate surface area is 151 Å². The number of fused-ring (bicyclic) bond motifs is 1. The molecular formula is C16H14N6O5. The molecule has 2 aliphatic rings. The van der Waals surface area contributed by atoms with E-state index in [9.17, 15) is 19.7 Å². The van der Waals surface area contributed by atoms with Crippen molar-refractivity contribution < 1.29 is 18.9 Å². The van der Waals surface area contributed by atoms with Gasteiger partial charge in [-0.3, -0.25) is 19.7 Å². The summed E-state index contributed by atoms with van der Waals surface area (Å²) in [7, 11) is 0. The van der Waals surface area contributed by atoms with Crippen LogP contribution in [0.1, 0.15) is 35.5 Å². The maximum absolute atomic E-state index is 12.3. The number of nitro groups is 1. The molecule has 1 unspecified atom stereocenters. The molecule has 1 N–H and O–H groups in total. The van der Waals surface area contributed by atoms with Gasteiger partial charge in [0, 0.05) is 11.8 Å². The van der Waals surface area contributed by atoms with E-state index in [1.807, 2.05) is 0 Å². The van der Waals surface area contributed by atoms with Gasteiger partial charge in [0.2, 0.25) is 0 Å². The van der Waals surface area contributed by atoms with Crippen LogP contribution >= 0.6 is 0 Å². The van der Waals surface area contributed by atoms with Crippen LogP contribution in [0, 0.1) is 23.0 Å². The van der Waals surface area contributed by atoms with Crippen LogP contribution in [-0.2, 0) is 4.79 Å². The van der Waals surface area contributed by atoms with E-state index in [0.717, 1.165) is 31.0 Å². The number of hydrogen-bond donors (Lipinski definition) is 1. The monoisotopic (exact) mass is 370 g/mol. The molecule has 0 spiro atoms. The summed E-state index contributed by atoms with van der Waals surface area (Å²) in [6.45, 7) is 1.71. The zero-order valence-electron chi connectivity index (χ0n) is 14.2. The van der Waals surface area contributed by atoms with E-state index in [0.29, 0.717) is 5.69 Å². The Morgan fingerprint density at radius 2 is 2.22 bits per heavy atom. The van der Waals surface area contributed by atoms with Crippen molar-refractivity contribution in [1.29, 1.82) is 0 Å². The summed E-state index contributed by atoms with van der Waals surface area (Å²) in [5.41, 5.74) is 1.34. The summed E-state index contributed by atoms with van der Waals surface area (Å²) < 4.78 is 6.16. The molecule has 27 heavy (non-hydrogen) atoms. The van der Waals surface area contributed by atoms with E-state index >= 15 is 0 Å². The van der Waals surface area contributed by atoms with Gasteiger partial charge in [0.25, 0.3) is 17.8 Å². The second kappa shape index (κ2) is 6.27. The van der Waals surface area contributed by atoms with Crippen LogP contribution < -0.4 is 5.32 Å². The van der Waals surface area contributed by atoms with Crippen molar-refractivity contribution in [2.45, 2.75) is 26.2 Å². The minimum Gasteiger partial charge on any atom is -0.395 e.